The van der Waals surface area contributed by atoms with Gasteiger partial charge >= 0.3 is 0 Å². The van der Waals surface area contributed by atoms with Gasteiger partial charge in [-0.2, -0.15) is 0 Å². The molecular formula is C17H27Cl3N4O2. The van der Waals surface area contributed by atoms with Crippen LogP contribution >= 0.6 is 36.4 Å². The molecule has 1 aliphatic heterocycles. The van der Waals surface area contributed by atoms with Crippen LogP contribution in [0.3, 0.4) is 0 Å². The van der Waals surface area contributed by atoms with E-state index < -0.39 is 0 Å². The molecule has 1 aromatic rings. The third-order valence-electron chi connectivity index (χ3n) is 4.05. The molecule has 1 atom stereocenters. The number of hydrogen-bond donors (Lipinski definition) is 2. The molecule has 3 N–H and O–H groups in total. The molecule has 1 aromatic carbocycles. The summed E-state index contributed by atoms with van der Waals surface area (Å²) in [7, 11) is 0. The second kappa shape index (κ2) is 12.4. The molecule has 9 heteroatoms. The maximum Gasteiger partial charge on any atom is 0.238 e. The molecule has 1 saturated heterocycles. The van der Waals surface area contributed by atoms with Crippen LogP contribution in [-0.2, 0) is 9.59 Å². The number of carbonyl (C=O) groups is 2. The quantitative estimate of drug-likeness (QED) is 0.733. The average Bonchev–Trinajstić information content (AvgIpc) is 2.55. The van der Waals surface area contributed by atoms with E-state index in [1.165, 1.54) is 0 Å². The maximum atomic E-state index is 12.1. The highest BCUT2D eigenvalue weighted by molar-refractivity contribution is 6.33. The fourth-order valence-corrected chi connectivity index (χ4v) is 2.80. The van der Waals surface area contributed by atoms with Crippen molar-refractivity contribution in [3.63, 3.8) is 0 Å². The lowest BCUT2D eigenvalue weighted by Gasteiger charge is -2.34. The number of nitrogens with one attached hydrogen (secondary N) is 1. The van der Waals surface area contributed by atoms with Crippen molar-refractivity contribution in [1.29, 1.82) is 0 Å². The van der Waals surface area contributed by atoms with Crippen molar-refractivity contribution in [1.82, 2.24) is 9.80 Å². The molecule has 0 saturated carbocycles. The fourth-order valence-electron chi connectivity index (χ4n) is 2.62. The highest BCUT2D eigenvalue weighted by Crippen LogP contribution is 2.20. The van der Waals surface area contributed by atoms with Gasteiger partial charge in [-0.3, -0.25) is 14.5 Å². The number of para-hydroxylation sites is 1. The van der Waals surface area contributed by atoms with Crippen LogP contribution in [0.5, 0.6) is 0 Å². The molecule has 1 fully saturated rings. The van der Waals surface area contributed by atoms with Crippen LogP contribution in [0.4, 0.5) is 5.69 Å². The van der Waals surface area contributed by atoms with Gasteiger partial charge in [-0.15, -0.1) is 24.8 Å². The second-order valence-corrected chi connectivity index (χ2v) is 6.61. The normalized spacial score (nSPS) is 15.4. The van der Waals surface area contributed by atoms with Gasteiger partial charge in [0.05, 0.1) is 17.3 Å². The van der Waals surface area contributed by atoms with E-state index in [1.807, 2.05) is 28.9 Å². The predicted octanol–water partition coefficient (Wildman–Crippen LogP) is 2.39. The van der Waals surface area contributed by atoms with Crippen molar-refractivity contribution in [3.8, 4) is 0 Å². The number of nitrogens with zero attached hydrogens (tertiary/aromatic N) is 2. The Hall–Kier alpha value is -1.05. The Labute approximate surface area is 172 Å². The molecule has 1 unspecified atom stereocenters. The number of halogens is 3. The van der Waals surface area contributed by atoms with Crippen molar-refractivity contribution in [2.75, 3.05) is 38.0 Å². The predicted molar refractivity (Wildman–Crippen MR) is 110 cm³/mol. The van der Waals surface area contributed by atoms with Crippen molar-refractivity contribution < 1.29 is 9.59 Å². The molecule has 2 amide bonds. The topological polar surface area (TPSA) is 78.7 Å². The molecule has 0 bridgehead atoms. The van der Waals surface area contributed by atoms with E-state index in [0.29, 0.717) is 56.3 Å². The lowest BCUT2D eigenvalue weighted by molar-refractivity contribution is -0.133. The van der Waals surface area contributed by atoms with Crippen molar-refractivity contribution in [2.45, 2.75) is 25.8 Å². The molecular weight excluding hydrogens is 399 g/mol. The molecule has 6 nitrogen and oxygen atoms in total. The summed E-state index contributed by atoms with van der Waals surface area (Å²) < 4.78 is 0. The highest BCUT2D eigenvalue weighted by atomic mass is 35.5. The van der Waals surface area contributed by atoms with Gasteiger partial charge in [-0.25, -0.2) is 0 Å². The maximum absolute atomic E-state index is 12.1. The zero-order chi connectivity index (χ0) is 17.5. The van der Waals surface area contributed by atoms with Gasteiger partial charge in [0.25, 0.3) is 0 Å². The largest absolute Gasteiger partial charge is 0.340 e. The Morgan fingerprint density at radius 3 is 2.38 bits per heavy atom. The Balaban J connectivity index is 0.00000312. The van der Waals surface area contributed by atoms with E-state index in [1.54, 1.807) is 12.1 Å². The van der Waals surface area contributed by atoms with Gasteiger partial charge in [0, 0.05) is 38.6 Å². The second-order valence-electron chi connectivity index (χ2n) is 6.20. The minimum Gasteiger partial charge on any atom is -0.340 e. The van der Waals surface area contributed by atoms with E-state index in [-0.39, 0.29) is 42.7 Å². The summed E-state index contributed by atoms with van der Waals surface area (Å²) in [5.41, 5.74) is 6.31. The van der Waals surface area contributed by atoms with Crippen molar-refractivity contribution in [3.05, 3.63) is 29.3 Å². The van der Waals surface area contributed by atoms with E-state index in [4.69, 9.17) is 17.3 Å². The first kappa shape index (κ1) is 24.9. The fraction of sp³-hybridized carbons (Fsp3) is 0.529. The molecule has 0 aliphatic carbocycles. The monoisotopic (exact) mass is 424 g/mol. The Morgan fingerprint density at radius 2 is 1.81 bits per heavy atom. The summed E-state index contributed by atoms with van der Waals surface area (Å²) in [5, 5.41) is 3.34. The first-order chi connectivity index (χ1) is 11.5. The van der Waals surface area contributed by atoms with E-state index in [9.17, 15) is 9.59 Å². The molecule has 0 spiro atoms. The number of rotatable bonds is 6. The van der Waals surface area contributed by atoms with Crippen LogP contribution in [0.2, 0.25) is 5.02 Å². The Morgan fingerprint density at radius 1 is 1.19 bits per heavy atom. The minimum absolute atomic E-state index is 0. The van der Waals surface area contributed by atoms with Crippen molar-refractivity contribution >= 4 is 53.9 Å². The lowest BCUT2D eigenvalue weighted by Crippen LogP contribution is -2.50. The summed E-state index contributed by atoms with van der Waals surface area (Å²) in [6.07, 6.45) is 1.20. The smallest absolute Gasteiger partial charge is 0.238 e. The Bertz CT molecular complexity index is 579. The average molecular weight is 426 g/mol. The van der Waals surface area contributed by atoms with Crippen LogP contribution in [0.25, 0.3) is 0 Å². The summed E-state index contributed by atoms with van der Waals surface area (Å²) >= 11 is 6.04. The number of benzene rings is 1. The number of hydrogen-bond acceptors (Lipinski definition) is 4. The molecule has 1 aliphatic rings. The first-order valence-corrected chi connectivity index (χ1v) is 8.63. The minimum atomic E-state index is -0.0974. The molecule has 148 valence electrons. The van der Waals surface area contributed by atoms with Gasteiger partial charge in [-0.05, 0) is 25.5 Å². The van der Waals surface area contributed by atoms with Crippen molar-refractivity contribution in [2.24, 2.45) is 5.73 Å². The summed E-state index contributed by atoms with van der Waals surface area (Å²) in [5.74, 6) is 0.0484. The van der Waals surface area contributed by atoms with Crippen LogP contribution < -0.4 is 11.1 Å². The van der Waals surface area contributed by atoms with Gasteiger partial charge in [-0.1, -0.05) is 23.7 Å². The van der Waals surface area contributed by atoms with Gasteiger partial charge in [0.2, 0.25) is 11.8 Å². The third-order valence-corrected chi connectivity index (χ3v) is 4.38. The summed E-state index contributed by atoms with van der Waals surface area (Å²) in [4.78, 5) is 28.1. The van der Waals surface area contributed by atoms with E-state index in [0.717, 1.165) is 0 Å². The number of amides is 2. The zero-order valence-electron chi connectivity index (χ0n) is 14.8. The van der Waals surface area contributed by atoms with Crippen LogP contribution in [0.15, 0.2) is 24.3 Å². The number of carbonyl (C=O) groups excluding carboxylic acids is 2. The van der Waals surface area contributed by atoms with Gasteiger partial charge in [0.15, 0.2) is 0 Å². The van der Waals surface area contributed by atoms with Gasteiger partial charge in [0.1, 0.15) is 0 Å². The zero-order valence-corrected chi connectivity index (χ0v) is 17.2. The van der Waals surface area contributed by atoms with Crippen LogP contribution in [0, 0.1) is 0 Å². The van der Waals surface area contributed by atoms with E-state index in [2.05, 4.69) is 5.32 Å². The SMILES string of the molecule is CC(N)CCC(=O)N1CCN(CC(=O)Nc2ccccc2Cl)CC1.Cl.Cl. The summed E-state index contributed by atoms with van der Waals surface area (Å²) in [6, 6.07) is 7.20. The molecule has 0 aromatic heterocycles. The standard InChI is InChI=1S/C17H25ClN4O2.2ClH/c1-13(19)6-7-17(24)22-10-8-21(9-11-22)12-16(23)20-15-5-3-2-4-14(15)18;;/h2-5,13H,6-12,19H2,1H3,(H,20,23);2*1H. The molecule has 2 rings (SSSR count). The number of anilines is 1. The first-order valence-electron chi connectivity index (χ1n) is 8.26. The molecule has 26 heavy (non-hydrogen) atoms. The van der Waals surface area contributed by atoms with E-state index >= 15 is 0 Å². The third kappa shape index (κ3) is 8.10. The molecule has 1 heterocycles. The highest BCUT2D eigenvalue weighted by Gasteiger charge is 2.22. The summed E-state index contributed by atoms with van der Waals surface area (Å²) in [6.45, 7) is 4.89. The number of nitrogens with two attached hydrogens (primary N) is 1. The van der Waals surface area contributed by atoms with Gasteiger partial charge < -0.3 is 16.0 Å². The lowest BCUT2D eigenvalue weighted by atomic mass is 10.1. The number of piperazine rings is 1. The van der Waals surface area contributed by atoms with Crippen LogP contribution in [0.1, 0.15) is 19.8 Å². The Kier molecular flexibility index (Phi) is 11.9. The van der Waals surface area contributed by atoms with Crippen LogP contribution in [-0.4, -0.2) is 60.4 Å². The molecule has 0 radical (unpaired) electrons.